The Labute approximate surface area is 188 Å². The third-order valence-electron chi connectivity index (χ3n) is 5.11. The van der Waals surface area contributed by atoms with Crippen LogP contribution in [0.1, 0.15) is 11.8 Å². The molecule has 11 nitrogen and oxygen atoms in total. The number of aromatic nitrogens is 4. The molecule has 0 bridgehead atoms. The quantitative estimate of drug-likeness (QED) is 0.174. The topological polar surface area (TPSA) is 170 Å². The van der Waals surface area contributed by atoms with Gasteiger partial charge in [-0.1, -0.05) is 30.3 Å². The van der Waals surface area contributed by atoms with Crippen molar-refractivity contribution in [2.45, 2.75) is 31.1 Å². The highest BCUT2D eigenvalue weighted by Gasteiger charge is 2.44. The van der Waals surface area contributed by atoms with Gasteiger partial charge in [-0.25, -0.2) is 19.9 Å². The average Bonchev–Trinajstić information content (AvgIpc) is 3.35. The number of hydrogen-bond donors (Lipinski definition) is 5. The van der Waals surface area contributed by atoms with Crippen LogP contribution in [0.3, 0.4) is 0 Å². The number of aliphatic hydroxyl groups is 2. The summed E-state index contributed by atoms with van der Waals surface area (Å²) in [5.74, 6) is 1.86. The fourth-order valence-electron chi connectivity index (χ4n) is 3.42. The van der Waals surface area contributed by atoms with Crippen LogP contribution < -0.4 is 16.8 Å². The average molecular weight is 459 g/mol. The van der Waals surface area contributed by atoms with Crippen molar-refractivity contribution in [3.05, 3.63) is 48.5 Å². The van der Waals surface area contributed by atoms with Crippen LogP contribution in [0.15, 0.2) is 48.0 Å². The summed E-state index contributed by atoms with van der Waals surface area (Å²) in [4.78, 5) is 16.6. The Morgan fingerprint density at radius 2 is 2.00 bits per heavy atom. The predicted molar refractivity (Wildman–Crippen MR) is 123 cm³/mol. The van der Waals surface area contributed by atoms with Crippen molar-refractivity contribution in [1.82, 2.24) is 24.8 Å². The minimum absolute atomic E-state index is 0.243. The zero-order chi connectivity index (χ0) is 22.5. The van der Waals surface area contributed by atoms with Gasteiger partial charge >= 0.3 is 0 Å². The number of nitrogens with one attached hydrogen (secondary N) is 1. The van der Waals surface area contributed by atoms with Gasteiger partial charge in [0.05, 0.1) is 19.0 Å². The maximum atomic E-state index is 10.5. The zero-order valence-corrected chi connectivity index (χ0v) is 18.1. The number of aliphatic hydroxyl groups excluding tert-OH is 2. The molecule has 0 saturated carbocycles. The van der Waals surface area contributed by atoms with E-state index in [2.05, 4.69) is 25.3 Å². The van der Waals surface area contributed by atoms with Gasteiger partial charge in [0.2, 0.25) is 0 Å². The summed E-state index contributed by atoms with van der Waals surface area (Å²) < 4.78 is 7.49. The van der Waals surface area contributed by atoms with E-state index in [9.17, 15) is 10.2 Å². The molecule has 3 aromatic rings. The van der Waals surface area contributed by atoms with Gasteiger partial charge in [0.25, 0.3) is 0 Å². The van der Waals surface area contributed by atoms with E-state index in [-0.39, 0.29) is 5.82 Å². The molecule has 0 amide bonds. The van der Waals surface area contributed by atoms with Gasteiger partial charge in [0.15, 0.2) is 23.7 Å². The van der Waals surface area contributed by atoms with Gasteiger partial charge < -0.3 is 31.7 Å². The van der Waals surface area contributed by atoms with Crippen molar-refractivity contribution >= 4 is 34.7 Å². The maximum Gasteiger partial charge on any atom is 0.188 e. The summed E-state index contributed by atoms with van der Waals surface area (Å²) >= 11 is 1.58. The number of nitrogens with zero attached hydrogens (tertiary/aromatic N) is 5. The first kappa shape index (κ1) is 22.3. The lowest BCUT2D eigenvalue weighted by molar-refractivity contribution is -0.0289. The van der Waals surface area contributed by atoms with Crippen molar-refractivity contribution in [3.63, 3.8) is 0 Å². The van der Waals surface area contributed by atoms with E-state index in [0.717, 1.165) is 11.3 Å². The lowest BCUT2D eigenvalue weighted by Crippen LogP contribution is -2.34. The summed E-state index contributed by atoms with van der Waals surface area (Å²) in [6.45, 7) is 1.14. The second-order valence-electron chi connectivity index (χ2n) is 7.32. The highest BCUT2D eigenvalue weighted by molar-refractivity contribution is 7.99. The maximum absolute atomic E-state index is 10.5. The molecular weight excluding hydrogens is 432 g/mol. The Morgan fingerprint density at radius 3 is 2.81 bits per heavy atom. The highest BCUT2D eigenvalue weighted by Crippen LogP contribution is 2.33. The lowest BCUT2D eigenvalue weighted by atomic mass is 10.1. The summed E-state index contributed by atoms with van der Waals surface area (Å²) in [7, 11) is 0. The number of fused-ring (bicyclic) bond motifs is 1. The Kier molecular flexibility index (Phi) is 7.05. The standard InChI is InChI=1S/C20H26N8O3S/c21-17-14-18(26-10-25-17)28(11-27-14)19-16(30)15(29)13(31-19)9-32-7-6-23-20(22)24-8-12-4-2-1-3-5-12/h1-5,10-11,13,15-16,19,29-30H,6-9H2,(H2,21,25,26)(H3,22,23,24)/t13-,15-,16-,19-/m1/s1. The van der Waals surface area contributed by atoms with Gasteiger partial charge in [0.1, 0.15) is 24.1 Å². The van der Waals surface area contributed by atoms with Crippen molar-refractivity contribution in [1.29, 1.82) is 0 Å². The van der Waals surface area contributed by atoms with Crippen molar-refractivity contribution in [2.75, 3.05) is 23.8 Å². The lowest BCUT2D eigenvalue weighted by Gasteiger charge is -2.16. The van der Waals surface area contributed by atoms with Crippen LogP contribution in [-0.2, 0) is 11.3 Å². The molecule has 3 heterocycles. The predicted octanol–water partition coefficient (Wildman–Crippen LogP) is -0.135. The summed E-state index contributed by atoms with van der Waals surface area (Å²) in [6, 6.07) is 9.88. The number of hydrogen-bond acceptors (Lipinski definition) is 9. The second kappa shape index (κ2) is 10.1. The van der Waals surface area contributed by atoms with E-state index in [4.69, 9.17) is 16.2 Å². The molecule has 170 valence electrons. The summed E-state index contributed by atoms with van der Waals surface area (Å²) in [5, 5.41) is 24.0. The minimum Gasteiger partial charge on any atom is -0.387 e. The summed E-state index contributed by atoms with van der Waals surface area (Å²) in [5.41, 5.74) is 13.7. The molecule has 1 aliphatic rings. The molecule has 1 fully saturated rings. The Morgan fingerprint density at radius 1 is 1.19 bits per heavy atom. The molecule has 0 unspecified atom stereocenters. The van der Waals surface area contributed by atoms with E-state index in [1.54, 1.807) is 16.3 Å². The number of aliphatic imine (C=N–C) groups is 1. The number of benzene rings is 1. The van der Waals surface area contributed by atoms with Gasteiger partial charge in [-0.15, -0.1) is 0 Å². The normalized spacial score (nSPS) is 23.6. The number of nitrogens with two attached hydrogens (primary N) is 2. The molecule has 4 atom stereocenters. The van der Waals surface area contributed by atoms with Gasteiger partial charge in [-0.05, 0) is 5.56 Å². The number of ether oxygens (including phenoxy) is 1. The molecule has 12 heteroatoms. The zero-order valence-electron chi connectivity index (χ0n) is 17.3. The monoisotopic (exact) mass is 458 g/mol. The third kappa shape index (κ3) is 4.93. The van der Waals surface area contributed by atoms with Gasteiger partial charge in [-0.2, -0.15) is 11.8 Å². The second-order valence-corrected chi connectivity index (χ2v) is 8.47. The molecule has 0 aliphatic carbocycles. The van der Waals surface area contributed by atoms with E-state index >= 15 is 0 Å². The number of guanidine groups is 1. The number of rotatable bonds is 8. The molecule has 7 N–H and O–H groups in total. The number of anilines is 1. The van der Waals surface area contributed by atoms with Crippen LogP contribution in [0.2, 0.25) is 0 Å². The molecule has 32 heavy (non-hydrogen) atoms. The molecule has 4 rings (SSSR count). The highest BCUT2D eigenvalue weighted by atomic mass is 32.2. The number of nitrogen functional groups attached to an aromatic ring is 1. The van der Waals surface area contributed by atoms with Crippen molar-refractivity contribution in [2.24, 2.45) is 10.7 Å². The number of thioether (sulfide) groups is 1. The molecule has 1 aliphatic heterocycles. The SMILES string of the molecule is NC(=NCc1ccccc1)NCCSC[C@H]1O[C@@H](n2cnc3c(N)ncnc32)[C@H](O)[C@@H]1O. The molecular formula is C20H26N8O3S. The van der Waals surface area contributed by atoms with E-state index in [0.29, 0.717) is 36.0 Å². The fraction of sp³-hybridized carbons (Fsp3) is 0.400. The van der Waals surface area contributed by atoms with E-state index in [1.807, 2.05) is 30.3 Å². The van der Waals surface area contributed by atoms with E-state index in [1.165, 1.54) is 12.7 Å². The first-order valence-electron chi connectivity index (χ1n) is 10.1. The van der Waals surface area contributed by atoms with Crippen LogP contribution >= 0.6 is 11.8 Å². The molecule has 2 aromatic heterocycles. The fourth-order valence-corrected chi connectivity index (χ4v) is 4.34. The Hall–Kier alpha value is -2.93. The smallest absolute Gasteiger partial charge is 0.188 e. The third-order valence-corrected chi connectivity index (χ3v) is 6.16. The van der Waals surface area contributed by atoms with E-state index < -0.39 is 24.5 Å². The molecule has 1 saturated heterocycles. The first-order valence-corrected chi connectivity index (χ1v) is 11.3. The van der Waals surface area contributed by atoms with Crippen molar-refractivity contribution in [3.8, 4) is 0 Å². The van der Waals surface area contributed by atoms with Crippen LogP contribution in [0, 0.1) is 0 Å². The Balaban J connectivity index is 1.24. The first-order chi connectivity index (χ1) is 15.5. The van der Waals surface area contributed by atoms with Crippen LogP contribution in [0.4, 0.5) is 5.82 Å². The largest absolute Gasteiger partial charge is 0.387 e. The van der Waals surface area contributed by atoms with Crippen LogP contribution in [0.5, 0.6) is 0 Å². The molecule has 0 radical (unpaired) electrons. The minimum atomic E-state index is -1.12. The summed E-state index contributed by atoms with van der Waals surface area (Å²) in [6.07, 6.45) is -0.701. The Bertz CT molecular complexity index is 1060. The van der Waals surface area contributed by atoms with Crippen LogP contribution in [-0.4, -0.2) is 72.1 Å². The van der Waals surface area contributed by atoms with Crippen LogP contribution in [0.25, 0.3) is 11.2 Å². The molecule has 0 spiro atoms. The van der Waals surface area contributed by atoms with Gasteiger partial charge in [-0.3, -0.25) is 4.57 Å². The molecule has 1 aromatic carbocycles. The van der Waals surface area contributed by atoms with Gasteiger partial charge in [0, 0.05) is 18.1 Å². The van der Waals surface area contributed by atoms with Crippen molar-refractivity contribution < 1.29 is 14.9 Å². The number of imidazole rings is 1.